The highest BCUT2D eigenvalue weighted by atomic mass is 32.2. The molecule has 1 nitrogen and oxygen atoms in total. The van der Waals surface area contributed by atoms with Gasteiger partial charge in [-0.3, -0.25) is 0 Å². The number of benzene rings is 1. The van der Waals surface area contributed by atoms with E-state index in [-0.39, 0.29) is 5.41 Å². The second kappa shape index (κ2) is 4.80. The van der Waals surface area contributed by atoms with Crippen LogP contribution in [-0.4, -0.2) is 11.3 Å². The lowest BCUT2D eigenvalue weighted by molar-refractivity contribution is 0.408. The van der Waals surface area contributed by atoms with Gasteiger partial charge in [-0.1, -0.05) is 34.6 Å². The van der Waals surface area contributed by atoms with Crippen LogP contribution in [0.4, 0.5) is 5.69 Å². The molecule has 0 fully saturated rings. The van der Waals surface area contributed by atoms with Crippen LogP contribution in [0.3, 0.4) is 0 Å². The fourth-order valence-electron chi connectivity index (χ4n) is 3.02. The Morgan fingerprint density at radius 1 is 1.22 bits per heavy atom. The highest BCUT2D eigenvalue weighted by Gasteiger charge is 2.37. The lowest BCUT2D eigenvalue weighted by Crippen LogP contribution is -2.33. The molecule has 0 saturated carbocycles. The van der Waals surface area contributed by atoms with Gasteiger partial charge < -0.3 is 5.32 Å². The van der Waals surface area contributed by atoms with Gasteiger partial charge in [0.05, 0.1) is 0 Å². The standard InChI is InChI=1S/C16H25NS/c1-6-9-17-12-7-8-14-13(10-12)15(2,3)11-16(4,5)18-14/h7-8,10,17H,6,9,11H2,1-5H3. The van der Waals surface area contributed by atoms with Gasteiger partial charge in [0.1, 0.15) is 0 Å². The Labute approximate surface area is 116 Å². The molecular formula is C16H25NS. The molecule has 0 amide bonds. The Hall–Kier alpha value is -0.630. The van der Waals surface area contributed by atoms with E-state index in [0.29, 0.717) is 4.75 Å². The van der Waals surface area contributed by atoms with Crippen molar-refractivity contribution in [2.75, 3.05) is 11.9 Å². The largest absolute Gasteiger partial charge is 0.385 e. The minimum atomic E-state index is 0.272. The molecule has 1 aliphatic rings. The summed E-state index contributed by atoms with van der Waals surface area (Å²) in [5, 5.41) is 3.49. The first kappa shape index (κ1) is 13.8. The average molecular weight is 263 g/mol. The minimum absolute atomic E-state index is 0.272. The molecule has 2 heteroatoms. The summed E-state index contributed by atoms with van der Waals surface area (Å²) in [7, 11) is 0. The van der Waals surface area contributed by atoms with E-state index < -0.39 is 0 Å². The second-order valence-corrected chi connectivity index (χ2v) is 8.31. The van der Waals surface area contributed by atoms with Gasteiger partial charge >= 0.3 is 0 Å². The average Bonchev–Trinajstić information content (AvgIpc) is 2.24. The highest BCUT2D eigenvalue weighted by molar-refractivity contribution is 8.00. The molecule has 1 aromatic rings. The zero-order valence-corrected chi connectivity index (χ0v) is 13.1. The number of nitrogens with one attached hydrogen (secondary N) is 1. The molecule has 1 heterocycles. The van der Waals surface area contributed by atoms with E-state index >= 15 is 0 Å². The summed E-state index contributed by atoms with van der Waals surface area (Å²) < 4.78 is 0.342. The maximum absolute atomic E-state index is 3.49. The molecule has 0 spiro atoms. The van der Waals surface area contributed by atoms with Gasteiger partial charge in [0, 0.05) is 21.9 Å². The van der Waals surface area contributed by atoms with Crippen molar-refractivity contribution in [1.29, 1.82) is 0 Å². The summed E-state index contributed by atoms with van der Waals surface area (Å²) in [6, 6.07) is 6.87. The predicted molar refractivity (Wildman–Crippen MR) is 82.8 cm³/mol. The molecule has 1 aromatic carbocycles. The topological polar surface area (TPSA) is 12.0 Å². The molecule has 1 aliphatic heterocycles. The lowest BCUT2D eigenvalue weighted by Gasteiger charge is -2.41. The fourth-order valence-corrected chi connectivity index (χ4v) is 4.63. The van der Waals surface area contributed by atoms with Crippen molar-refractivity contribution < 1.29 is 0 Å². The van der Waals surface area contributed by atoms with Gasteiger partial charge in [-0.15, -0.1) is 11.8 Å². The van der Waals surface area contributed by atoms with Crippen molar-refractivity contribution in [3.8, 4) is 0 Å². The predicted octanol–water partition coefficient (Wildman–Crippen LogP) is 5.06. The first-order valence-electron chi connectivity index (χ1n) is 6.91. The van der Waals surface area contributed by atoms with E-state index in [4.69, 9.17) is 0 Å². The van der Waals surface area contributed by atoms with Crippen molar-refractivity contribution in [3.63, 3.8) is 0 Å². The van der Waals surface area contributed by atoms with Crippen LogP contribution in [-0.2, 0) is 5.41 Å². The van der Waals surface area contributed by atoms with Gasteiger partial charge in [0.2, 0.25) is 0 Å². The second-order valence-electron chi connectivity index (χ2n) is 6.56. The Morgan fingerprint density at radius 2 is 1.94 bits per heavy atom. The zero-order valence-electron chi connectivity index (χ0n) is 12.3. The minimum Gasteiger partial charge on any atom is -0.385 e. The molecule has 2 rings (SSSR count). The summed E-state index contributed by atoms with van der Waals surface area (Å²) in [5.74, 6) is 0. The molecule has 0 bridgehead atoms. The number of hydrogen-bond donors (Lipinski definition) is 1. The third-order valence-electron chi connectivity index (χ3n) is 3.54. The fraction of sp³-hybridized carbons (Fsp3) is 0.625. The molecule has 0 aromatic heterocycles. The third-order valence-corrected chi connectivity index (χ3v) is 4.81. The maximum atomic E-state index is 3.49. The Morgan fingerprint density at radius 3 is 2.61 bits per heavy atom. The van der Waals surface area contributed by atoms with E-state index in [1.165, 1.54) is 29.0 Å². The number of hydrogen-bond acceptors (Lipinski definition) is 2. The third kappa shape index (κ3) is 2.85. The molecule has 0 aliphatic carbocycles. The SMILES string of the molecule is CCCNc1ccc2c(c1)C(C)(C)CC(C)(C)S2. The smallest absolute Gasteiger partial charge is 0.0343 e. The van der Waals surface area contributed by atoms with Crippen molar-refractivity contribution in [2.45, 2.75) is 62.5 Å². The van der Waals surface area contributed by atoms with Crippen LogP contribution in [0.2, 0.25) is 0 Å². The van der Waals surface area contributed by atoms with Gasteiger partial charge in [-0.05, 0) is 42.0 Å². The number of fused-ring (bicyclic) bond motifs is 1. The molecular weight excluding hydrogens is 238 g/mol. The Kier molecular flexibility index (Phi) is 3.68. The molecule has 1 N–H and O–H groups in total. The summed E-state index contributed by atoms with van der Waals surface area (Å²) in [5.41, 5.74) is 3.05. The van der Waals surface area contributed by atoms with Crippen LogP contribution in [0, 0.1) is 0 Å². The highest BCUT2D eigenvalue weighted by Crippen LogP contribution is 2.51. The van der Waals surface area contributed by atoms with Crippen LogP contribution in [0.25, 0.3) is 0 Å². The number of anilines is 1. The van der Waals surface area contributed by atoms with Gasteiger partial charge in [0.15, 0.2) is 0 Å². The van der Waals surface area contributed by atoms with E-state index in [0.717, 1.165) is 6.54 Å². The monoisotopic (exact) mass is 263 g/mol. The van der Waals surface area contributed by atoms with Crippen molar-refractivity contribution in [2.24, 2.45) is 0 Å². The number of rotatable bonds is 3. The molecule has 0 atom stereocenters. The first-order valence-corrected chi connectivity index (χ1v) is 7.73. The Balaban J connectivity index is 2.34. The van der Waals surface area contributed by atoms with E-state index in [1.807, 2.05) is 11.8 Å². The zero-order chi connectivity index (χ0) is 13.4. The van der Waals surface area contributed by atoms with Crippen LogP contribution in [0.15, 0.2) is 23.1 Å². The summed E-state index contributed by atoms with van der Waals surface area (Å²) in [6.45, 7) is 12.7. The molecule has 0 saturated heterocycles. The van der Waals surface area contributed by atoms with Gasteiger partial charge in [-0.25, -0.2) is 0 Å². The summed E-state index contributed by atoms with van der Waals surface area (Å²) in [4.78, 5) is 1.46. The molecule has 0 radical (unpaired) electrons. The summed E-state index contributed by atoms with van der Waals surface area (Å²) >= 11 is 2.02. The number of thioether (sulfide) groups is 1. The van der Waals surface area contributed by atoms with E-state index in [9.17, 15) is 0 Å². The summed E-state index contributed by atoms with van der Waals surface area (Å²) in [6.07, 6.45) is 2.40. The van der Waals surface area contributed by atoms with E-state index in [2.05, 4.69) is 58.1 Å². The van der Waals surface area contributed by atoms with Crippen LogP contribution in [0.5, 0.6) is 0 Å². The van der Waals surface area contributed by atoms with Crippen LogP contribution < -0.4 is 5.32 Å². The quantitative estimate of drug-likeness (QED) is 0.818. The molecule has 100 valence electrons. The normalized spacial score (nSPS) is 20.3. The van der Waals surface area contributed by atoms with Crippen LogP contribution in [0.1, 0.15) is 53.0 Å². The van der Waals surface area contributed by atoms with Crippen molar-refractivity contribution in [3.05, 3.63) is 23.8 Å². The maximum Gasteiger partial charge on any atom is 0.0343 e. The van der Waals surface area contributed by atoms with Crippen molar-refractivity contribution >= 4 is 17.4 Å². The van der Waals surface area contributed by atoms with Crippen molar-refractivity contribution in [1.82, 2.24) is 0 Å². The van der Waals surface area contributed by atoms with E-state index in [1.54, 1.807) is 0 Å². The molecule has 18 heavy (non-hydrogen) atoms. The first-order chi connectivity index (χ1) is 8.34. The Bertz CT molecular complexity index is 435. The van der Waals surface area contributed by atoms with Gasteiger partial charge in [-0.2, -0.15) is 0 Å². The van der Waals surface area contributed by atoms with Gasteiger partial charge in [0.25, 0.3) is 0 Å². The molecule has 0 unspecified atom stereocenters. The van der Waals surface area contributed by atoms with Crippen LogP contribution >= 0.6 is 11.8 Å². The lowest BCUT2D eigenvalue weighted by atomic mass is 9.77.